The second-order valence-electron chi connectivity index (χ2n) is 5.55. The van der Waals surface area contributed by atoms with Gasteiger partial charge in [0.1, 0.15) is 11.8 Å². The Morgan fingerprint density at radius 3 is 2.50 bits per heavy atom. The number of hydrogen-bond acceptors (Lipinski definition) is 5. The Bertz CT molecular complexity index is 941. The van der Waals surface area contributed by atoms with Crippen LogP contribution in [-0.4, -0.2) is 26.8 Å². The van der Waals surface area contributed by atoms with Crippen molar-refractivity contribution in [3.8, 4) is 5.75 Å². The molecule has 1 aliphatic heterocycles. The van der Waals surface area contributed by atoms with E-state index in [9.17, 15) is 8.78 Å². The van der Waals surface area contributed by atoms with Crippen LogP contribution in [0.3, 0.4) is 0 Å². The van der Waals surface area contributed by atoms with Gasteiger partial charge in [-0.3, -0.25) is 0 Å². The molecule has 2 heterocycles. The molecule has 3 aromatic rings. The Morgan fingerprint density at radius 2 is 1.81 bits per heavy atom. The largest absolute Gasteiger partial charge is 0.435 e. The molecule has 0 bridgehead atoms. The van der Waals surface area contributed by atoms with Crippen molar-refractivity contribution in [2.75, 3.05) is 5.32 Å². The number of tetrazole rings is 1. The number of halogens is 3. The highest BCUT2D eigenvalue weighted by Gasteiger charge is 2.24. The number of nitrogens with zero attached hydrogens (tertiary/aromatic N) is 4. The molecule has 6 nitrogen and oxygen atoms in total. The third kappa shape index (κ3) is 3.23. The Hall–Kier alpha value is -3.00. The quantitative estimate of drug-likeness (QED) is 0.747. The van der Waals surface area contributed by atoms with Crippen LogP contribution in [-0.2, 0) is 0 Å². The average molecular weight is 376 g/mol. The summed E-state index contributed by atoms with van der Waals surface area (Å²) < 4.78 is 30.6. The predicted octanol–water partition coefficient (Wildman–Crippen LogP) is 3.98. The molecule has 132 valence electrons. The minimum absolute atomic E-state index is 0.0965. The second-order valence-corrected chi connectivity index (χ2v) is 5.99. The number of benzene rings is 2. The van der Waals surface area contributed by atoms with Gasteiger partial charge < -0.3 is 10.1 Å². The summed E-state index contributed by atoms with van der Waals surface area (Å²) in [6, 6.07) is 13.5. The highest BCUT2D eigenvalue weighted by molar-refractivity contribution is 6.30. The lowest BCUT2D eigenvalue weighted by Gasteiger charge is -2.23. The SMILES string of the molecule is FC(F)Oc1ccc(C2=C[C@@H](c3ccc(Cl)cc3)n3nnnc3N2)cc1. The number of fused-ring (bicyclic) bond motifs is 1. The maximum atomic E-state index is 12.3. The normalized spacial score (nSPS) is 16.0. The summed E-state index contributed by atoms with van der Waals surface area (Å²) in [7, 11) is 0. The first-order chi connectivity index (χ1) is 12.6. The summed E-state index contributed by atoms with van der Waals surface area (Å²) in [6.07, 6.45) is 1.95. The predicted molar refractivity (Wildman–Crippen MR) is 92.1 cm³/mol. The molecule has 0 saturated heterocycles. The van der Waals surface area contributed by atoms with Gasteiger partial charge in [0.25, 0.3) is 0 Å². The lowest BCUT2D eigenvalue weighted by atomic mass is 10.0. The molecule has 0 amide bonds. The van der Waals surface area contributed by atoms with Gasteiger partial charge in [-0.15, -0.1) is 0 Å². The number of rotatable bonds is 4. The Kier molecular flexibility index (Phi) is 4.26. The maximum Gasteiger partial charge on any atom is 0.387 e. The van der Waals surface area contributed by atoms with E-state index < -0.39 is 6.61 Å². The zero-order valence-electron chi connectivity index (χ0n) is 13.2. The van der Waals surface area contributed by atoms with Gasteiger partial charge in [0, 0.05) is 10.7 Å². The van der Waals surface area contributed by atoms with Gasteiger partial charge in [0.2, 0.25) is 5.95 Å². The van der Waals surface area contributed by atoms with Crippen molar-refractivity contribution < 1.29 is 13.5 Å². The van der Waals surface area contributed by atoms with Crippen molar-refractivity contribution in [2.45, 2.75) is 12.7 Å². The van der Waals surface area contributed by atoms with Gasteiger partial charge in [-0.25, -0.2) is 0 Å². The van der Waals surface area contributed by atoms with E-state index in [1.165, 1.54) is 12.1 Å². The number of allylic oxidation sites excluding steroid dienone is 1. The van der Waals surface area contributed by atoms with Crippen LogP contribution in [0, 0.1) is 0 Å². The molecular weight excluding hydrogens is 364 g/mol. The van der Waals surface area contributed by atoms with Crippen LogP contribution >= 0.6 is 11.6 Å². The number of nitrogens with one attached hydrogen (secondary N) is 1. The molecule has 1 aliphatic rings. The van der Waals surface area contributed by atoms with E-state index in [2.05, 4.69) is 25.6 Å². The molecular formula is C17H12ClF2N5O. The van der Waals surface area contributed by atoms with Crippen molar-refractivity contribution in [3.05, 3.63) is 70.8 Å². The van der Waals surface area contributed by atoms with Crippen LogP contribution < -0.4 is 10.1 Å². The zero-order chi connectivity index (χ0) is 18.1. The summed E-state index contributed by atoms with van der Waals surface area (Å²) in [4.78, 5) is 0. The minimum Gasteiger partial charge on any atom is -0.435 e. The fourth-order valence-corrected chi connectivity index (χ4v) is 2.86. The van der Waals surface area contributed by atoms with Gasteiger partial charge in [0.15, 0.2) is 0 Å². The lowest BCUT2D eigenvalue weighted by molar-refractivity contribution is -0.0498. The van der Waals surface area contributed by atoms with Crippen molar-refractivity contribution >= 4 is 23.2 Å². The third-order valence-electron chi connectivity index (χ3n) is 3.93. The molecule has 0 fully saturated rings. The molecule has 0 radical (unpaired) electrons. The van der Waals surface area contributed by atoms with Crippen molar-refractivity contribution in [3.63, 3.8) is 0 Å². The number of aromatic nitrogens is 4. The molecule has 0 unspecified atom stereocenters. The molecule has 0 aliphatic carbocycles. The molecule has 1 atom stereocenters. The minimum atomic E-state index is -2.85. The zero-order valence-corrected chi connectivity index (χ0v) is 13.9. The van der Waals surface area contributed by atoms with Gasteiger partial charge in [-0.1, -0.05) is 28.8 Å². The van der Waals surface area contributed by atoms with Crippen LogP contribution in [0.4, 0.5) is 14.7 Å². The summed E-state index contributed by atoms with van der Waals surface area (Å²) in [6.45, 7) is -2.85. The molecule has 0 saturated carbocycles. The first-order valence-electron chi connectivity index (χ1n) is 7.67. The van der Waals surface area contributed by atoms with Gasteiger partial charge in [0.05, 0.1) is 0 Å². The van der Waals surface area contributed by atoms with E-state index in [0.29, 0.717) is 11.0 Å². The van der Waals surface area contributed by atoms with Crippen LogP contribution in [0.1, 0.15) is 17.2 Å². The van der Waals surface area contributed by atoms with Crippen molar-refractivity contribution in [1.29, 1.82) is 0 Å². The van der Waals surface area contributed by atoms with E-state index in [4.69, 9.17) is 11.6 Å². The first-order valence-corrected chi connectivity index (χ1v) is 8.05. The number of ether oxygens (including phenoxy) is 1. The molecule has 4 rings (SSSR count). The second kappa shape index (κ2) is 6.72. The van der Waals surface area contributed by atoms with E-state index in [1.54, 1.807) is 28.9 Å². The van der Waals surface area contributed by atoms with Gasteiger partial charge in [-0.05, 0) is 64.0 Å². The number of anilines is 1. The summed E-state index contributed by atoms with van der Waals surface area (Å²) in [5, 5.41) is 15.5. The highest BCUT2D eigenvalue weighted by Crippen LogP contribution is 2.32. The summed E-state index contributed by atoms with van der Waals surface area (Å²) in [5.41, 5.74) is 2.51. The maximum absolute atomic E-state index is 12.3. The molecule has 1 N–H and O–H groups in total. The molecule has 26 heavy (non-hydrogen) atoms. The molecule has 2 aromatic carbocycles. The number of hydrogen-bond donors (Lipinski definition) is 1. The fraction of sp³-hybridized carbons (Fsp3) is 0.118. The van der Waals surface area contributed by atoms with Crippen LogP contribution in [0.15, 0.2) is 54.6 Å². The fourth-order valence-electron chi connectivity index (χ4n) is 2.74. The monoisotopic (exact) mass is 375 g/mol. The standard InChI is InChI=1S/C17H12ClF2N5O/c18-12-5-1-11(2-6-12)15-9-14(21-17-22-23-24-25(15)17)10-3-7-13(8-4-10)26-16(19)20/h1-9,15-16H,(H,21,22,24)/t15-/m0/s1. The van der Waals surface area contributed by atoms with Gasteiger partial charge >= 0.3 is 6.61 Å². The highest BCUT2D eigenvalue weighted by atomic mass is 35.5. The summed E-state index contributed by atoms with van der Waals surface area (Å²) in [5.74, 6) is 0.578. The van der Waals surface area contributed by atoms with E-state index in [-0.39, 0.29) is 11.8 Å². The lowest BCUT2D eigenvalue weighted by Crippen LogP contribution is -2.20. The van der Waals surface area contributed by atoms with Crippen molar-refractivity contribution in [2.24, 2.45) is 0 Å². The smallest absolute Gasteiger partial charge is 0.387 e. The number of alkyl halides is 2. The Labute approximate surface area is 152 Å². The Morgan fingerprint density at radius 1 is 1.08 bits per heavy atom. The van der Waals surface area contributed by atoms with Crippen LogP contribution in [0.2, 0.25) is 5.02 Å². The molecule has 1 aromatic heterocycles. The average Bonchev–Trinajstić information content (AvgIpc) is 3.10. The van der Waals surface area contributed by atoms with Gasteiger partial charge in [-0.2, -0.15) is 13.5 Å². The Balaban J connectivity index is 1.69. The van der Waals surface area contributed by atoms with Crippen molar-refractivity contribution in [1.82, 2.24) is 20.2 Å². The summed E-state index contributed by atoms with van der Waals surface area (Å²) >= 11 is 5.96. The van der Waals surface area contributed by atoms with Crippen LogP contribution in [0.5, 0.6) is 5.75 Å². The topological polar surface area (TPSA) is 64.9 Å². The third-order valence-corrected chi connectivity index (χ3v) is 4.18. The van der Waals surface area contributed by atoms with E-state index in [0.717, 1.165) is 16.8 Å². The first kappa shape index (κ1) is 16.5. The van der Waals surface area contributed by atoms with E-state index in [1.807, 2.05) is 18.2 Å². The molecule has 9 heteroatoms. The van der Waals surface area contributed by atoms with E-state index >= 15 is 0 Å². The molecule has 0 spiro atoms. The van der Waals surface area contributed by atoms with Crippen LogP contribution in [0.25, 0.3) is 5.70 Å².